The van der Waals surface area contributed by atoms with Crippen molar-refractivity contribution in [3.63, 3.8) is 0 Å². The predicted octanol–water partition coefficient (Wildman–Crippen LogP) is 6.50. The lowest BCUT2D eigenvalue weighted by Crippen LogP contribution is -2.65. The number of carbonyl (C=O) groups excluding carboxylic acids is 2. The van der Waals surface area contributed by atoms with E-state index in [1.165, 1.54) is 12.0 Å². The smallest absolute Gasteiger partial charge is 0.178 e. The van der Waals surface area contributed by atoms with Gasteiger partial charge in [0.1, 0.15) is 18.7 Å². The number of Topliss-reactive ketones (excluding diaryl/α,β-unsaturated/α-hetero) is 1. The Labute approximate surface area is 233 Å². The molecule has 39 heavy (non-hydrogen) atoms. The van der Waals surface area contributed by atoms with E-state index in [-0.39, 0.29) is 56.6 Å². The topological polar surface area (TPSA) is 88.6 Å². The van der Waals surface area contributed by atoms with E-state index in [1.54, 1.807) is 6.33 Å². The Hall–Kier alpha value is -2.55. The molecular formula is C33H44N4O2. The van der Waals surface area contributed by atoms with Crippen LogP contribution in [0.1, 0.15) is 93.4 Å². The van der Waals surface area contributed by atoms with Crippen LogP contribution >= 0.6 is 0 Å². The molecule has 7 atom stereocenters. The maximum atomic E-state index is 14.6. The molecule has 1 aromatic rings. The third-order valence-corrected chi connectivity index (χ3v) is 13.0. The van der Waals surface area contributed by atoms with Crippen molar-refractivity contribution in [2.45, 2.75) is 100.0 Å². The highest BCUT2D eigenvalue weighted by Crippen LogP contribution is 2.74. The van der Waals surface area contributed by atoms with Crippen molar-refractivity contribution >= 4 is 11.6 Å². The molecule has 1 aromatic heterocycles. The van der Waals surface area contributed by atoms with E-state index in [4.69, 9.17) is 0 Å². The van der Waals surface area contributed by atoms with Gasteiger partial charge in [-0.3, -0.25) is 14.3 Å². The normalized spacial score (nSPS) is 44.1. The number of nitriles is 1. The van der Waals surface area contributed by atoms with Crippen LogP contribution in [0.4, 0.5) is 0 Å². The van der Waals surface area contributed by atoms with E-state index in [9.17, 15) is 14.9 Å². The van der Waals surface area contributed by atoms with Crippen molar-refractivity contribution in [2.75, 3.05) is 0 Å². The second-order valence-corrected chi connectivity index (χ2v) is 15.7. The van der Waals surface area contributed by atoms with Crippen LogP contribution in [0, 0.1) is 61.6 Å². The monoisotopic (exact) mass is 528 g/mol. The number of nitrogens with zero attached hydrogens (tertiary/aromatic N) is 4. The number of ketones is 2. The van der Waals surface area contributed by atoms with Gasteiger partial charge in [-0.2, -0.15) is 10.4 Å². The fraction of sp³-hybridized carbons (Fsp3) is 0.727. The van der Waals surface area contributed by atoms with E-state index >= 15 is 0 Å². The molecule has 0 bridgehead atoms. The third-order valence-electron chi connectivity index (χ3n) is 13.0. The first-order valence-corrected chi connectivity index (χ1v) is 14.9. The summed E-state index contributed by atoms with van der Waals surface area (Å²) in [5, 5.41) is 14.4. The lowest BCUT2D eigenvalue weighted by atomic mass is 9.34. The van der Waals surface area contributed by atoms with Crippen LogP contribution in [0.3, 0.4) is 0 Å². The highest BCUT2D eigenvalue weighted by molar-refractivity contribution is 6.04. The minimum absolute atomic E-state index is 0.0407. The SMILES string of the molecule is CC1(C)CC[C@]2(Cn3cncn3)CC[C@]3(C)[C@H](C(=O)C=C4[C@@]5(C)C=C(C#N)C(=O)C(C)(C)[C@@H]5CC[C@]43C)[C@@H]2C1. The van der Waals surface area contributed by atoms with Crippen molar-refractivity contribution < 1.29 is 9.59 Å². The Morgan fingerprint density at radius 1 is 1.03 bits per heavy atom. The van der Waals surface area contributed by atoms with Gasteiger partial charge in [0.15, 0.2) is 11.6 Å². The summed E-state index contributed by atoms with van der Waals surface area (Å²) in [4.78, 5) is 32.1. The summed E-state index contributed by atoms with van der Waals surface area (Å²) in [5.41, 5.74) is 0.185. The minimum atomic E-state index is -0.634. The Morgan fingerprint density at radius 3 is 2.41 bits per heavy atom. The van der Waals surface area contributed by atoms with Gasteiger partial charge in [-0.05, 0) is 84.5 Å². The average molecular weight is 529 g/mol. The summed E-state index contributed by atoms with van der Waals surface area (Å²) >= 11 is 0. The summed E-state index contributed by atoms with van der Waals surface area (Å²) in [6, 6.07) is 2.21. The van der Waals surface area contributed by atoms with E-state index in [2.05, 4.69) is 50.8 Å². The van der Waals surface area contributed by atoms with E-state index in [1.807, 2.05) is 37.0 Å². The third kappa shape index (κ3) is 3.37. The molecule has 208 valence electrons. The zero-order chi connectivity index (χ0) is 28.2. The van der Waals surface area contributed by atoms with Gasteiger partial charge in [-0.15, -0.1) is 0 Å². The quantitative estimate of drug-likeness (QED) is 0.437. The maximum absolute atomic E-state index is 14.6. The minimum Gasteiger partial charge on any atom is -0.295 e. The number of hydrogen-bond acceptors (Lipinski definition) is 5. The highest BCUT2D eigenvalue weighted by atomic mass is 16.1. The molecule has 0 spiro atoms. The molecule has 6 nitrogen and oxygen atoms in total. The van der Waals surface area contributed by atoms with Gasteiger partial charge in [-0.25, -0.2) is 4.98 Å². The van der Waals surface area contributed by atoms with Crippen molar-refractivity contribution in [3.05, 3.63) is 36.0 Å². The molecule has 0 saturated heterocycles. The van der Waals surface area contributed by atoms with Crippen LogP contribution in [0.2, 0.25) is 0 Å². The number of allylic oxidation sites excluding steroid dienone is 4. The Bertz CT molecular complexity index is 1350. The predicted molar refractivity (Wildman–Crippen MR) is 149 cm³/mol. The summed E-state index contributed by atoms with van der Waals surface area (Å²) in [7, 11) is 0. The van der Waals surface area contributed by atoms with E-state index in [0.29, 0.717) is 0 Å². The standard InChI is InChI=1S/C33H44N4O2/c1-28(2)10-12-33(18-37-20-35-19-36-37)13-11-32(7)26(22(33)16-28)23(38)14-25-30(5)15-21(17-34)27(39)29(3,4)24(30)8-9-31(25,32)6/h14-15,19-20,22,24,26H,8-13,16,18H2,1-7H3/t22-,24-,26-,30-,31+,32+,33+/m0/s1. The largest absolute Gasteiger partial charge is 0.295 e. The summed E-state index contributed by atoms with van der Waals surface area (Å²) < 4.78 is 1.99. The number of rotatable bonds is 2. The van der Waals surface area contributed by atoms with Gasteiger partial charge in [-0.1, -0.05) is 60.1 Å². The van der Waals surface area contributed by atoms with Crippen LogP contribution in [-0.2, 0) is 16.1 Å². The molecule has 0 aliphatic heterocycles. The molecule has 3 saturated carbocycles. The van der Waals surface area contributed by atoms with Gasteiger partial charge in [0, 0.05) is 23.3 Å². The molecule has 5 aliphatic carbocycles. The Kier molecular flexibility index (Phi) is 5.48. The molecule has 0 N–H and O–H groups in total. The summed E-state index contributed by atoms with van der Waals surface area (Å²) in [5.74, 6) is 0.527. The number of fused-ring (bicyclic) bond motifs is 7. The van der Waals surface area contributed by atoms with Crippen molar-refractivity contribution in [1.29, 1.82) is 5.26 Å². The van der Waals surface area contributed by atoms with Crippen LogP contribution in [0.5, 0.6) is 0 Å². The molecule has 0 unspecified atom stereocenters. The number of carbonyl (C=O) groups is 2. The fourth-order valence-electron chi connectivity index (χ4n) is 10.7. The molecule has 5 aliphatic rings. The highest BCUT2D eigenvalue weighted by Gasteiger charge is 2.69. The van der Waals surface area contributed by atoms with Gasteiger partial charge in [0.25, 0.3) is 0 Å². The van der Waals surface area contributed by atoms with Crippen LogP contribution < -0.4 is 0 Å². The van der Waals surface area contributed by atoms with Gasteiger partial charge >= 0.3 is 0 Å². The Balaban J connectivity index is 1.50. The average Bonchev–Trinajstić information content (AvgIpc) is 3.36. The first kappa shape index (κ1) is 26.7. The molecule has 1 heterocycles. The van der Waals surface area contributed by atoms with E-state index < -0.39 is 10.8 Å². The van der Waals surface area contributed by atoms with Crippen molar-refractivity contribution in [2.24, 2.45) is 50.2 Å². The van der Waals surface area contributed by atoms with Gasteiger partial charge in [0.2, 0.25) is 0 Å². The molecular weight excluding hydrogens is 484 g/mol. The molecule has 0 amide bonds. The first-order valence-electron chi connectivity index (χ1n) is 14.9. The molecule has 0 aromatic carbocycles. The summed E-state index contributed by atoms with van der Waals surface area (Å²) in [6.07, 6.45) is 14.7. The van der Waals surface area contributed by atoms with E-state index in [0.717, 1.165) is 45.1 Å². The van der Waals surface area contributed by atoms with Crippen molar-refractivity contribution in [1.82, 2.24) is 14.8 Å². The Morgan fingerprint density at radius 2 is 1.74 bits per heavy atom. The zero-order valence-electron chi connectivity index (χ0n) is 24.8. The second kappa shape index (κ2) is 8.02. The number of hydrogen-bond donors (Lipinski definition) is 0. The lowest BCUT2D eigenvalue weighted by Gasteiger charge is -2.69. The van der Waals surface area contributed by atoms with Crippen LogP contribution in [0.15, 0.2) is 36.0 Å². The molecule has 6 rings (SSSR count). The maximum Gasteiger partial charge on any atom is 0.178 e. The van der Waals surface area contributed by atoms with Crippen LogP contribution in [0.25, 0.3) is 0 Å². The molecule has 3 fully saturated rings. The fourth-order valence-corrected chi connectivity index (χ4v) is 10.7. The van der Waals surface area contributed by atoms with Crippen LogP contribution in [-0.4, -0.2) is 26.3 Å². The number of aromatic nitrogens is 3. The molecule has 6 heteroatoms. The lowest BCUT2D eigenvalue weighted by molar-refractivity contribution is -0.174. The molecule has 0 radical (unpaired) electrons. The first-order chi connectivity index (χ1) is 18.1. The van der Waals surface area contributed by atoms with Gasteiger partial charge in [0.05, 0.1) is 5.57 Å². The summed E-state index contributed by atoms with van der Waals surface area (Å²) in [6.45, 7) is 16.6. The second-order valence-electron chi connectivity index (χ2n) is 15.7. The van der Waals surface area contributed by atoms with Crippen molar-refractivity contribution in [3.8, 4) is 6.07 Å². The zero-order valence-corrected chi connectivity index (χ0v) is 24.8. The van der Waals surface area contributed by atoms with Gasteiger partial charge < -0.3 is 0 Å².